The fraction of sp³-hybridized carbons (Fsp3) is 0.600. The van der Waals surface area contributed by atoms with Crippen molar-refractivity contribution in [3.05, 3.63) is 23.5 Å². The number of nitrogens with zero attached hydrogens (tertiary/aromatic N) is 1. The van der Waals surface area contributed by atoms with Gasteiger partial charge in [0.15, 0.2) is 0 Å². The molecular formula is C10H18N2. The molecule has 0 saturated carbocycles. The van der Waals surface area contributed by atoms with E-state index in [9.17, 15) is 0 Å². The lowest BCUT2D eigenvalue weighted by atomic mass is 10.1. The second-order valence-corrected chi connectivity index (χ2v) is 4.28. The first-order valence-electron chi connectivity index (χ1n) is 4.31. The molecule has 68 valence electrons. The Hall–Kier alpha value is -0.760. The lowest BCUT2D eigenvalue weighted by Gasteiger charge is -2.20. The smallest absolute Gasteiger partial charge is 0.0397 e. The van der Waals surface area contributed by atoms with E-state index in [0.717, 1.165) is 6.54 Å². The van der Waals surface area contributed by atoms with E-state index in [1.165, 1.54) is 11.3 Å². The predicted octanol–water partition coefficient (Wildman–Crippen LogP) is 1.84. The van der Waals surface area contributed by atoms with Crippen molar-refractivity contribution in [1.82, 2.24) is 4.57 Å². The first-order valence-corrected chi connectivity index (χ1v) is 4.31. The van der Waals surface area contributed by atoms with Crippen LogP contribution in [0.5, 0.6) is 0 Å². The van der Waals surface area contributed by atoms with E-state index in [1.807, 2.05) is 13.8 Å². The van der Waals surface area contributed by atoms with Crippen molar-refractivity contribution in [2.45, 2.75) is 39.8 Å². The van der Waals surface area contributed by atoms with Crippen LogP contribution >= 0.6 is 0 Å². The minimum absolute atomic E-state index is 0.129. The van der Waals surface area contributed by atoms with Crippen LogP contribution in [0.25, 0.3) is 0 Å². The van der Waals surface area contributed by atoms with Gasteiger partial charge in [-0.05, 0) is 39.3 Å². The second-order valence-electron chi connectivity index (χ2n) is 4.28. The molecule has 0 spiro atoms. The van der Waals surface area contributed by atoms with Crippen molar-refractivity contribution in [2.75, 3.05) is 0 Å². The molecule has 12 heavy (non-hydrogen) atoms. The van der Waals surface area contributed by atoms with Gasteiger partial charge in [-0.2, -0.15) is 0 Å². The van der Waals surface area contributed by atoms with Crippen LogP contribution in [0.15, 0.2) is 12.3 Å². The number of hydrogen-bond acceptors (Lipinski definition) is 1. The van der Waals surface area contributed by atoms with Gasteiger partial charge in [-0.3, -0.25) is 0 Å². The van der Waals surface area contributed by atoms with Crippen LogP contribution in [-0.2, 0) is 6.54 Å². The highest BCUT2D eigenvalue weighted by molar-refractivity contribution is 5.16. The monoisotopic (exact) mass is 166 g/mol. The van der Waals surface area contributed by atoms with E-state index in [4.69, 9.17) is 5.73 Å². The first kappa shape index (κ1) is 9.33. The van der Waals surface area contributed by atoms with Gasteiger partial charge in [0.2, 0.25) is 0 Å². The molecule has 2 N–H and O–H groups in total. The summed E-state index contributed by atoms with van der Waals surface area (Å²) in [7, 11) is 0. The number of nitrogens with two attached hydrogens (primary N) is 1. The summed E-state index contributed by atoms with van der Waals surface area (Å²) in [5, 5.41) is 0. The van der Waals surface area contributed by atoms with Gasteiger partial charge in [0.05, 0.1) is 0 Å². The zero-order valence-electron chi connectivity index (χ0n) is 8.39. The summed E-state index contributed by atoms with van der Waals surface area (Å²) < 4.78 is 2.20. The van der Waals surface area contributed by atoms with Gasteiger partial charge < -0.3 is 10.3 Å². The maximum atomic E-state index is 5.92. The van der Waals surface area contributed by atoms with Crippen LogP contribution in [0.3, 0.4) is 0 Å². The lowest BCUT2D eigenvalue weighted by Crippen LogP contribution is -2.37. The highest BCUT2D eigenvalue weighted by Gasteiger charge is 2.12. The highest BCUT2D eigenvalue weighted by Crippen LogP contribution is 2.10. The maximum Gasteiger partial charge on any atom is 0.0397 e. The quantitative estimate of drug-likeness (QED) is 0.714. The molecule has 0 amide bonds. The van der Waals surface area contributed by atoms with Crippen molar-refractivity contribution in [3.63, 3.8) is 0 Å². The Morgan fingerprint density at radius 3 is 2.33 bits per heavy atom. The minimum atomic E-state index is -0.129. The first-order chi connectivity index (χ1) is 5.38. The summed E-state index contributed by atoms with van der Waals surface area (Å²) in [4.78, 5) is 0. The molecule has 2 nitrogen and oxygen atoms in total. The molecule has 0 atom stereocenters. The SMILES string of the molecule is Cc1cc(C)n(CC(C)(C)N)c1. The lowest BCUT2D eigenvalue weighted by molar-refractivity contribution is 0.430. The van der Waals surface area contributed by atoms with Gasteiger partial charge in [-0.15, -0.1) is 0 Å². The zero-order chi connectivity index (χ0) is 9.35. The Morgan fingerprint density at radius 2 is 2.00 bits per heavy atom. The van der Waals surface area contributed by atoms with E-state index in [1.54, 1.807) is 0 Å². The van der Waals surface area contributed by atoms with Gasteiger partial charge in [0, 0.05) is 24.0 Å². The molecule has 0 aromatic carbocycles. The molecule has 0 fully saturated rings. The topological polar surface area (TPSA) is 30.9 Å². The van der Waals surface area contributed by atoms with E-state index in [2.05, 4.69) is 30.7 Å². The molecule has 0 saturated heterocycles. The van der Waals surface area contributed by atoms with Crippen molar-refractivity contribution in [2.24, 2.45) is 5.73 Å². The molecule has 0 unspecified atom stereocenters. The third-order valence-corrected chi connectivity index (χ3v) is 1.83. The van der Waals surface area contributed by atoms with Crippen molar-refractivity contribution < 1.29 is 0 Å². The van der Waals surface area contributed by atoms with Crippen LogP contribution in [0.4, 0.5) is 0 Å². The van der Waals surface area contributed by atoms with E-state index in [0.29, 0.717) is 0 Å². The summed E-state index contributed by atoms with van der Waals surface area (Å²) in [6.07, 6.45) is 2.14. The molecular weight excluding hydrogens is 148 g/mol. The average molecular weight is 166 g/mol. The molecule has 0 aliphatic rings. The van der Waals surface area contributed by atoms with Gasteiger partial charge in [-0.25, -0.2) is 0 Å². The Kier molecular flexibility index (Phi) is 2.29. The summed E-state index contributed by atoms with van der Waals surface area (Å²) in [5.41, 5.74) is 8.38. The van der Waals surface area contributed by atoms with Crippen LogP contribution in [0.2, 0.25) is 0 Å². The largest absolute Gasteiger partial charge is 0.350 e. The Balaban J connectivity index is 2.82. The van der Waals surface area contributed by atoms with Crippen molar-refractivity contribution in [3.8, 4) is 0 Å². The molecule has 0 aliphatic carbocycles. The van der Waals surface area contributed by atoms with Crippen molar-refractivity contribution >= 4 is 0 Å². The molecule has 1 aromatic heterocycles. The highest BCUT2D eigenvalue weighted by atomic mass is 15.0. The molecule has 1 aromatic rings. The third-order valence-electron chi connectivity index (χ3n) is 1.83. The van der Waals surface area contributed by atoms with Crippen LogP contribution < -0.4 is 5.73 Å². The van der Waals surface area contributed by atoms with Gasteiger partial charge in [-0.1, -0.05) is 0 Å². The van der Waals surface area contributed by atoms with Gasteiger partial charge in [0.1, 0.15) is 0 Å². The van der Waals surface area contributed by atoms with Crippen molar-refractivity contribution in [1.29, 1.82) is 0 Å². The standard InChI is InChI=1S/C10H18N2/c1-8-5-9(2)12(6-8)7-10(3,4)11/h5-6H,7,11H2,1-4H3. The average Bonchev–Trinajstić information content (AvgIpc) is 2.06. The second kappa shape index (κ2) is 2.94. The summed E-state index contributed by atoms with van der Waals surface area (Å²) in [6.45, 7) is 9.18. The summed E-state index contributed by atoms with van der Waals surface area (Å²) in [5.74, 6) is 0. The number of rotatable bonds is 2. The number of aryl methyl sites for hydroxylation is 2. The van der Waals surface area contributed by atoms with Crippen LogP contribution in [-0.4, -0.2) is 10.1 Å². The zero-order valence-corrected chi connectivity index (χ0v) is 8.39. The van der Waals surface area contributed by atoms with Gasteiger partial charge in [0.25, 0.3) is 0 Å². The van der Waals surface area contributed by atoms with E-state index < -0.39 is 0 Å². The summed E-state index contributed by atoms with van der Waals surface area (Å²) in [6, 6.07) is 2.17. The van der Waals surface area contributed by atoms with Crippen LogP contribution in [0.1, 0.15) is 25.1 Å². The molecule has 2 heteroatoms. The molecule has 0 bridgehead atoms. The fourth-order valence-electron chi connectivity index (χ4n) is 1.41. The Labute approximate surface area is 74.4 Å². The molecule has 1 heterocycles. The fourth-order valence-corrected chi connectivity index (χ4v) is 1.41. The predicted molar refractivity (Wildman–Crippen MR) is 52.2 cm³/mol. The van der Waals surface area contributed by atoms with Crippen LogP contribution in [0, 0.1) is 13.8 Å². The third kappa shape index (κ3) is 2.38. The normalized spacial score (nSPS) is 12.1. The van der Waals surface area contributed by atoms with Gasteiger partial charge >= 0.3 is 0 Å². The molecule has 0 radical (unpaired) electrons. The number of hydrogen-bond donors (Lipinski definition) is 1. The van der Waals surface area contributed by atoms with E-state index >= 15 is 0 Å². The Morgan fingerprint density at radius 1 is 1.42 bits per heavy atom. The maximum absolute atomic E-state index is 5.92. The molecule has 1 rings (SSSR count). The number of aromatic nitrogens is 1. The Bertz CT molecular complexity index is 266. The summed E-state index contributed by atoms with van der Waals surface area (Å²) >= 11 is 0. The molecule has 0 aliphatic heterocycles. The van der Waals surface area contributed by atoms with E-state index in [-0.39, 0.29) is 5.54 Å². The minimum Gasteiger partial charge on any atom is -0.350 e.